The topological polar surface area (TPSA) is 196 Å². The Balaban J connectivity index is 0.787. The van der Waals surface area contributed by atoms with Crippen molar-refractivity contribution in [2.24, 2.45) is 10.1 Å². The van der Waals surface area contributed by atoms with Crippen molar-refractivity contribution in [3.05, 3.63) is 319 Å². The van der Waals surface area contributed by atoms with Gasteiger partial charge in [0, 0.05) is 22.6 Å². The van der Waals surface area contributed by atoms with Gasteiger partial charge in [0.2, 0.25) is 0 Å². The summed E-state index contributed by atoms with van der Waals surface area (Å²) in [7, 11) is 0. The van der Waals surface area contributed by atoms with Gasteiger partial charge in [-0.25, -0.2) is 29.4 Å². The van der Waals surface area contributed by atoms with Crippen LogP contribution in [0.3, 0.4) is 0 Å². The van der Waals surface area contributed by atoms with E-state index in [-0.39, 0.29) is 33.5 Å². The number of thiazole rings is 1. The number of rotatable bonds is 20. The number of aromatic nitrogens is 1. The number of hydrazine groups is 2. The van der Waals surface area contributed by atoms with Crippen molar-refractivity contribution in [1.82, 2.24) is 30.8 Å². The zero-order valence-corrected chi connectivity index (χ0v) is 51.7. The Labute approximate surface area is 540 Å². The Bertz CT molecular complexity index is 4120. The number of thiophene rings is 1. The van der Waals surface area contributed by atoms with Crippen molar-refractivity contribution >= 4 is 92.6 Å². The van der Waals surface area contributed by atoms with Gasteiger partial charge in [-0.2, -0.15) is 5.01 Å². The van der Waals surface area contributed by atoms with Gasteiger partial charge in [0.25, 0.3) is 11.8 Å². The number of carbonyl (C=O) groups is 5. The highest BCUT2D eigenvalue weighted by Gasteiger charge is 2.55. The Morgan fingerprint density at radius 1 is 0.681 bits per heavy atom. The third-order valence-corrected chi connectivity index (χ3v) is 19.4. The average Bonchev–Trinajstić information content (AvgIpc) is 1.29. The van der Waals surface area contributed by atoms with Crippen LogP contribution in [-0.4, -0.2) is 84.1 Å². The molecule has 0 bridgehead atoms. The summed E-state index contributed by atoms with van der Waals surface area (Å²) in [5, 5.41) is 17.3. The molecule has 13 rings (SSSR count). The number of thioether (sulfide) groups is 2. The number of nitrogens with one attached hydrogen (secondary N) is 3. The van der Waals surface area contributed by atoms with Gasteiger partial charge in [0.1, 0.15) is 33.2 Å². The van der Waals surface area contributed by atoms with Crippen LogP contribution in [0.4, 0.5) is 9.93 Å². The summed E-state index contributed by atoms with van der Waals surface area (Å²) in [6.07, 6.45) is 1.15. The predicted octanol–water partition coefficient (Wildman–Crippen LogP) is 13.0. The van der Waals surface area contributed by atoms with Crippen LogP contribution in [0.1, 0.15) is 73.4 Å². The number of allylic oxidation sites excluding steroid dienone is 1. The summed E-state index contributed by atoms with van der Waals surface area (Å²) in [5.41, 5.74) is 8.86. The molecule has 6 heterocycles. The molecule has 1 fully saturated rings. The predicted molar refractivity (Wildman–Crippen MR) is 354 cm³/mol. The number of fused-ring (bicyclic) bond motifs is 2. The number of oxime groups is 1. The molecule has 3 N–H and O–H groups in total. The fourth-order valence-corrected chi connectivity index (χ4v) is 14.9. The van der Waals surface area contributed by atoms with E-state index in [0.717, 1.165) is 39.2 Å². The number of β-lactam (4-membered cyclic amide) rings is 1. The molecule has 91 heavy (non-hydrogen) atoms. The quantitative estimate of drug-likeness (QED) is 0.0163. The van der Waals surface area contributed by atoms with Crippen LogP contribution in [0.15, 0.2) is 280 Å². The van der Waals surface area contributed by atoms with Crippen molar-refractivity contribution in [2.75, 3.05) is 16.8 Å². The zero-order valence-electron chi connectivity index (χ0n) is 48.5. The molecule has 17 nitrogen and oxygen atoms in total. The molecule has 2 aromatic heterocycles. The van der Waals surface area contributed by atoms with Gasteiger partial charge in [-0.05, 0) is 69.0 Å². The fourth-order valence-electron chi connectivity index (χ4n) is 11.0. The summed E-state index contributed by atoms with van der Waals surface area (Å²) >= 11 is 5.08. The van der Waals surface area contributed by atoms with Gasteiger partial charge in [-0.15, -0.1) is 51.7 Å². The molecule has 0 aliphatic carbocycles. The van der Waals surface area contributed by atoms with Crippen LogP contribution in [0, 0.1) is 0 Å². The van der Waals surface area contributed by atoms with Crippen molar-refractivity contribution in [2.45, 2.75) is 36.1 Å². The highest BCUT2D eigenvalue weighted by Crippen LogP contribution is 2.45. The monoisotopic (exact) mass is 1280 g/mol. The molecule has 0 saturated carbocycles. The second kappa shape index (κ2) is 26.9. The lowest BCUT2D eigenvalue weighted by atomic mass is 9.77. The average molecular weight is 1280 g/mol. The van der Waals surface area contributed by atoms with E-state index in [0.29, 0.717) is 38.4 Å². The molecule has 1 saturated heterocycles. The summed E-state index contributed by atoms with van der Waals surface area (Å²) in [5.74, 6) is -2.16. The van der Waals surface area contributed by atoms with Crippen LogP contribution in [-0.2, 0) is 34.2 Å². The van der Waals surface area contributed by atoms with Crippen molar-refractivity contribution in [1.29, 1.82) is 0 Å². The number of hydrogen-bond acceptors (Lipinski definition) is 18. The van der Waals surface area contributed by atoms with Gasteiger partial charge in [0.05, 0.1) is 11.2 Å². The van der Waals surface area contributed by atoms with Crippen LogP contribution in [0.2, 0.25) is 0 Å². The highest BCUT2D eigenvalue weighted by molar-refractivity contribution is 8.03. The first-order valence-electron chi connectivity index (χ1n) is 28.9. The van der Waals surface area contributed by atoms with Crippen molar-refractivity contribution in [3.63, 3.8) is 0 Å². The second-order valence-corrected chi connectivity index (χ2v) is 25.0. The van der Waals surface area contributed by atoms with E-state index < -0.39 is 59.0 Å². The molecule has 4 aliphatic heterocycles. The number of esters is 1. The van der Waals surface area contributed by atoms with Gasteiger partial charge < -0.3 is 24.9 Å². The van der Waals surface area contributed by atoms with Gasteiger partial charge in [-0.3, -0.25) is 14.5 Å². The van der Waals surface area contributed by atoms with Crippen molar-refractivity contribution in [3.8, 4) is 0 Å². The van der Waals surface area contributed by atoms with Gasteiger partial charge >= 0.3 is 18.0 Å². The molecule has 4 aliphatic rings. The maximum Gasteiger partial charge on any atom is 0.431 e. The number of carbonyl (C=O) groups excluding carboxylic acids is 5. The summed E-state index contributed by atoms with van der Waals surface area (Å²) in [6, 6.07) is 69.6. The summed E-state index contributed by atoms with van der Waals surface area (Å²) in [4.78, 5) is 89.5. The van der Waals surface area contributed by atoms with E-state index in [1.165, 1.54) is 44.8 Å². The Morgan fingerprint density at radius 2 is 1.21 bits per heavy atom. The molecule has 3 amide bonds. The smallest absolute Gasteiger partial charge is 0.431 e. The molecular formula is C70H55N9O8S4. The molecule has 7 aromatic carbocycles. The van der Waals surface area contributed by atoms with Crippen molar-refractivity contribution < 1.29 is 38.3 Å². The third kappa shape index (κ3) is 12.6. The van der Waals surface area contributed by atoms with E-state index in [9.17, 15) is 14.4 Å². The fraction of sp³-hybridized carbons (Fsp3) is 0.114. The number of amides is 3. The highest BCUT2D eigenvalue weighted by atomic mass is 32.2. The maximum absolute atomic E-state index is 15.3. The number of anilines is 1. The number of nitrogens with zero attached hydrogens (tertiary/aromatic N) is 6. The second-order valence-electron chi connectivity index (χ2n) is 21.1. The zero-order chi connectivity index (χ0) is 62.3. The minimum Gasteiger partial charge on any atom is -0.448 e. The van der Waals surface area contributed by atoms with E-state index in [1.54, 1.807) is 34.1 Å². The number of aliphatic imine (C=N–C) groups is 1. The summed E-state index contributed by atoms with van der Waals surface area (Å²) < 4.78 is 12.7. The SMILES string of the molecule is CC1=NC2=CN(C(=O)OC(c3ccccc3)c3ccccc3)NN2C(SCC2=C(C(=O)OC(c3ccccc3)c3ccccc3)N3C(=O)[C@@H](NC(=O)C(=NOC(=O)c4cccs4)c4csc(NC(c5ccccc5)(c5ccccc5)c5ccccc5)n4)[C@H]3SC2)=C1. The minimum absolute atomic E-state index is 0.0290. The van der Waals surface area contributed by atoms with Crippen LogP contribution in [0.5, 0.6) is 0 Å². The van der Waals surface area contributed by atoms with E-state index in [2.05, 4.69) is 21.3 Å². The molecule has 0 radical (unpaired) electrons. The van der Waals surface area contributed by atoms with Gasteiger partial charge in [-0.1, -0.05) is 224 Å². The normalized spacial score (nSPS) is 16.3. The van der Waals surface area contributed by atoms with Gasteiger partial charge in [0.15, 0.2) is 28.9 Å². The molecule has 0 spiro atoms. The molecular weight excluding hydrogens is 1220 g/mol. The summed E-state index contributed by atoms with van der Waals surface area (Å²) in [6.45, 7) is 1.84. The lowest BCUT2D eigenvalue weighted by Crippen LogP contribution is -2.71. The molecule has 2 atom stereocenters. The lowest BCUT2D eigenvalue weighted by molar-refractivity contribution is -0.154. The largest absolute Gasteiger partial charge is 0.448 e. The van der Waals surface area contributed by atoms with Crippen LogP contribution >= 0.6 is 46.2 Å². The Hall–Kier alpha value is -10.2. The molecule has 9 aromatic rings. The number of benzene rings is 7. The molecule has 452 valence electrons. The first-order valence-corrected chi connectivity index (χ1v) is 32.7. The standard InChI is InChI=1S/C70H55N9O8S4/c1-45-40-57(79-56(71-45)41-77(76-79)69(84)86-62(48-28-13-4-14-29-48)49-30-15-5-16-31-49)89-42-50-43-90-65-59(64(81)78(65)60(50)67(83)85-61(46-24-9-2-10-25-46)47-26-11-3-12-27-47)73-63(80)58(75-87-66(82)55-38-23-39-88-55)54-44-91-68(72-54)74-70(51-32-17-6-18-33-51,52-34-19-7-20-35-52)53-36-21-8-22-37-53/h2-41,44,59,61-62,65,76H,42-43H2,1H3,(H,72,74)(H,73,80)/t59-,65-/m1/s1. The third-order valence-electron chi connectivity index (χ3n) is 15.3. The van der Waals surface area contributed by atoms with Crippen LogP contribution in [0.25, 0.3) is 0 Å². The number of hydrogen-bond donors (Lipinski definition) is 3. The minimum atomic E-state index is -1.18. The van der Waals surface area contributed by atoms with E-state index in [4.69, 9.17) is 24.3 Å². The first kappa shape index (κ1) is 59.8. The molecule has 0 unspecified atom stereocenters. The Morgan fingerprint density at radius 3 is 1.74 bits per heavy atom. The van der Waals surface area contributed by atoms with Crippen LogP contribution < -0.4 is 16.2 Å². The Kier molecular flexibility index (Phi) is 17.7. The number of ether oxygens (including phenoxy) is 2. The van der Waals surface area contributed by atoms with E-state index in [1.807, 2.05) is 225 Å². The molecule has 21 heteroatoms. The lowest BCUT2D eigenvalue weighted by Gasteiger charge is -2.49. The van der Waals surface area contributed by atoms with E-state index >= 15 is 9.59 Å². The first-order chi connectivity index (χ1) is 44.6. The maximum atomic E-state index is 15.3.